The van der Waals surface area contributed by atoms with Crippen LogP contribution in [-0.4, -0.2) is 18.7 Å². The quantitative estimate of drug-likeness (QED) is 0.167. The summed E-state index contributed by atoms with van der Waals surface area (Å²) in [6.07, 6.45) is 6.12. The second-order valence-corrected chi connectivity index (χ2v) is 14.3. The van der Waals surface area contributed by atoms with E-state index in [2.05, 4.69) is 98.8 Å². The van der Waals surface area contributed by atoms with E-state index < -0.39 is 0 Å². The van der Waals surface area contributed by atoms with Gasteiger partial charge in [0.05, 0.1) is 5.48 Å². The molecule has 3 aromatic heterocycles. The fraction of sp³-hybridized carbons (Fsp3) is 0.250. The first-order valence-electron chi connectivity index (χ1n) is 17.9. The summed E-state index contributed by atoms with van der Waals surface area (Å²) in [5.41, 5.74) is 7.10. The van der Waals surface area contributed by atoms with E-state index in [1.54, 1.807) is 6.20 Å². The number of aryl methyl sites for hydroxylation is 2. The average Bonchev–Trinajstić information content (AvgIpc) is 3.47. The van der Waals surface area contributed by atoms with Gasteiger partial charge < -0.3 is 0 Å². The van der Waals surface area contributed by atoms with E-state index in [9.17, 15) is 0 Å². The van der Waals surface area contributed by atoms with Gasteiger partial charge in [0.25, 0.3) is 0 Å². The van der Waals surface area contributed by atoms with Crippen LogP contribution in [0, 0.1) is 3.80 Å². The minimum Gasteiger partial charge on any atom is -0.239 e. The topological polar surface area (TPSA) is 36.9 Å². The number of ether oxygens (including phenoxy) is 1. The van der Waals surface area contributed by atoms with E-state index in [4.69, 9.17) is 15.2 Å². The molecule has 0 saturated carbocycles. The van der Waals surface area contributed by atoms with Crippen LogP contribution >= 0.6 is 0 Å². The van der Waals surface area contributed by atoms with Crippen molar-refractivity contribution in [2.45, 2.75) is 57.9 Å². The number of pyridine rings is 1. The molecule has 1 atom stereocenters. The Morgan fingerprint density at radius 1 is 0.848 bits per heavy atom. The summed E-state index contributed by atoms with van der Waals surface area (Å²) in [6.45, 7) is 6.42. The van der Waals surface area contributed by atoms with Gasteiger partial charge in [-0.25, -0.2) is 4.98 Å². The summed E-state index contributed by atoms with van der Waals surface area (Å²) < 4.78 is 49.2. The molecular weight excluding hydrogens is 748 g/mol. The fourth-order valence-corrected chi connectivity index (χ4v) is 7.88. The molecule has 0 radical (unpaired) electrons. The molecule has 0 amide bonds. The third kappa shape index (κ3) is 4.88. The summed E-state index contributed by atoms with van der Waals surface area (Å²) in [5, 5.41) is 1.18. The average molecular weight is 790 g/mol. The van der Waals surface area contributed by atoms with Crippen molar-refractivity contribution in [3.05, 3.63) is 124 Å². The number of fused-ring (bicyclic) bond motifs is 5. The number of aromatic nitrogens is 4. The van der Waals surface area contributed by atoms with Crippen LogP contribution in [0.4, 0.5) is 0 Å². The Bertz CT molecular complexity index is 2560. The van der Waals surface area contributed by atoms with Crippen LogP contribution in [0.25, 0.3) is 38.7 Å². The molecule has 0 saturated heterocycles. The van der Waals surface area contributed by atoms with Gasteiger partial charge in [-0.05, 0) is 29.2 Å². The smallest absolute Gasteiger partial charge is 0.239 e. The number of nitrogens with zero attached hydrogens (tertiary/aromatic N) is 4. The molecule has 7 aromatic rings. The van der Waals surface area contributed by atoms with Gasteiger partial charge in [0, 0.05) is 6.20 Å². The van der Waals surface area contributed by atoms with Gasteiger partial charge in [-0.15, -0.1) is 0 Å². The van der Waals surface area contributed by atoms with Crippen molar-refractivity contribution in [2.24, 2.45) is 7.05 Å². The molecule has 0 spiro atoms. The van der Waals surface area contributed by atoms with Gasteiger partial charge in [-0.2, -0.15) is 0 Å². The SMILES string of the molecule is [2H]c1c([2H])c([2H])c2c(c1[2H])c1ccc(Oc3ccc4c(c3)C(n3[c](=[Pt])n(C)c5ccccc53)CCCC4)cc1n2-c1cc(C(C)(C)C)ccn1. The van der Waals surface area contributed by atoms with Crippen LogP contribution in [0.2, 0.25) is 0 Å². The minimum atomic E-state index is -0.270. The van der Waals surface area contributed by atoms with Crippen molar-refractivity contribution in [1.29, 1.82) is 0 Å². The predicted octanol–water partition coefficient (Wildman–Crippen LogP) is 9.96. The second kappa shape index (κ2) is 11.2. The first kappa shape index (κ1) is 24.9. The third-order valence-electron chi connectivity index (χ3n) is 9.35. The predicted molar refractivity (Wildman–Crippen MR) is 184 cm³/mol. The Balaban J connectivity index is 1.28. The van der Waals surface area contributed by atoms with Crippen LogP contribution in [0.3, 0.4) is 0 Å². The molecule has 0 bridgehead atoms. The number of rotatable bonds is 4. The molecule has 8 rings (SSSR count). The van der Waals surface area contributed by atoms with Gasteiger partial charge in [0.15, 0.2) is 0 Å². The van der Waals surface area contributed by atoms with E-state index in [1.165, 1.54) is 26.0 Å². The normalized spacial score (nSPS) is 16.6. The number of hydrogen-bond donors (Lipinski definition) is 0. The van der Waals surface area contributed by atoms with Crippen LogP contribution in [0.5, 0.6) is 11.5 Å². The molecule has 0 fully saturated rings. The van der Waals surface area contributed by atoms with E-state index in [0.29, 0.717) is 33.4 Å². The molecule has 4 aromatic carbocycles. The second-order valence-electron chi connectivity index (χ2n) is 13.3. The molecule has 1 aliphatic carbocycles. The first-order chi connectivity index (χ1) is 23.9. The van der Waals surface area contributed by atoms with E-state index >= 15 is 0 Å². The monoisotopic (exact) mass is 789 g/mol. The number of imidazole rings is 1. The van der Waals surface area contributed by atoms with Crippen LogP contribution in [-0.2, 0) is 38.2 Å². The summed E-state index contributed by atoms with van der Waals surface area (Å²) in [7, 11) is 2.13. The zero-order valence-corrected chi connectivity index (χ0v) is 28.7. The summed E-state index contributed by atoms with van der Waals surface area (Å²) in [4.78, 5) is 4.72. The molecule has 5 nitrogen and oxygen atoms in total. The van der Waals surface area contributed by atoms with Crippen molar-refractivity contribution in [3.8, 4) is 17.3 Å². The van der Waals surface area contributed by atoms with Gasteiger partial charge in [0.2, 0.25) is 0 Å². The zero-order chi connectivity index (χ0) is 35.1. The minimum absolute atomic E-state index is 0.0668. The molecule has 1 aliphatic rings. The van der Waals surface area contributed by atoms with E-state index in [1.807, 2.05) is 34.9 Å². The van der Waals surface area contributed by atoms with Crippen molar-refractivity contribution in [3.63, 3.8) is 0 Å². The van der Waals surface area contributed by atoms with Gasteiger partial charge >= 0.3 is 202 Å². The van der Waals surface area contributed by atoms with Crippen LogP contribution < -0.4 is 4.74 Å². The number of para-hydroxylation sites is 3. The fourth-order valence-electron chi connectivity index (χ4n) is 6.98. The summed E-state index contributed by atoms with van der Waals surface area (Å²) >= 11 is 2.45. The molecule has 0 N–H and O–H groups in total. The molecule has 1 unspecified atom stereocenters. The third-order valence-corrected chi connectivity index (χ3v) is 10.7. The molecule has 6 heteroatoms. The zero-order valence-electron chi connectivity index (χ0n) is 30.4. The molecule has 46 heavy (non-hydrogen) atoms. The molecular formula is C40H38N4OPt. The van der Waals surface area contributed by atoms with Crippen molar-refractivity contribution in [1.82, 2.24) is 18.7 Å². The van der Waals surface area contributed by atoms with Crippen LogP contribution in [0.1, 0.15) is 68.2 Å². The summed E-state index contributed by atoms with van der Waals surface area (Å²) in [5.74, 6) is 1.95. The van der Waals surface area contributed by atoms with Crippen molar-refractivity contribution >= 4 is 32.8 Å². The van der Waals surface area contributed by atoms with Crippen molar-refractivity contribution < 1.29 is 29.6 Å². The Hall–Kier alpha value is -4.21. The van der Waals surface area contributed by atoms with E-state index in [0.717, 1.165) is 37.0 Å². The Kier molecular flexibility index (Phi) is 6.10. The molecule has 234 valence electrons. The maximum absolute atomic E-state index is 8.95. The number of benzene rings is 4. The van der Waals surface area contributed by atoms with Gasteiger partial charge in [-0.3, -0.25) is 0 Å². The van der Waals surface area contributed by atoms with Crippen molar-refractivity contribution in [2.75, 3.05) is 0 Å². The Morgan fingerprint density at radius 3 is 2.48 bits per heavy atom. The molecule has 0 aliphatic heterocycles. The van der Waals surface area contributed by atoms with Gasteiger partial charge in [0.1, 0.15) is 0 Å². The maximum atomic E-state index is 8.95. The standard InChI is InChI=1S/C40H38N4O.Pt/c1-40(2,3)28-21-22-41-39(23-28)44-35-14-8-6-12-31(35)32-20-19-30(25-38(32)44)45-29-18-17-27-11-5-7-13-34(33(27)24-29)43-26-42(4)36-15-9-10-16-37(36)43;/h6,8-10,12,14-25,34H,5,7,11,13H2,1-4H3;/i6D,8D,12D,14D;. The Morgan fingerprint density at radius 2 is 1.63 bits per heavy atom. The Labute approximate surface area is 286 Å². The number of hydrogen-bond acceptors (Lipinski definition) is 2. The van der Waals surface area contributed by atoms with Gasteiger partial charge in [-0.1, -0.05) is 38.9 Å². The molecule has 3 heterocycles. The first-order valence-corrected chi connectivity index (χ1v) is 17.0. The van der Waals surface area contributed by atoms with E-state index in [-0.39, 0.29) is 35.6 Å². The summed E-state index contributed by atoms with van der Waals surface area (Å²) in [6, 6.07) is 24.3. The van der Waals surface area contributed by atoms with Crippen LogP contribution in [0.15, 0.2) is 103 Å².